The third-order valence-electron chi connectivity index (χ3n) is 1.78. The van der Waals surface area contributed by atoms with Gasteiger partial charge in [0, 0.05) is 0 Å². The van der Waals surface area contributed by atoms with Crippen LogP contribution in [-0.4, -0.2) is 16.9 Å². The molecule has 0 radical (unpaired) electrons. The molecule has 4 nitrogen and oxygen atoms in total. The molecule has 14 heavy (non-hydrogen) atoms. The zero-order valence-corrected chi connectivity index (χ0v) is 7.37. The number of anilines is 1. The summed E-state index contributed by atoms with van der Waals surface area (Å²) in [5, 5.41) is 8.65. The molecular formula is C9H8FNO3. The van der Waals surface area contributed by atoms with Gasteiger partial charge >= 0.3 is 5.97 Å². The first kappa shape index (κ1) is 10.2. The van der Waals surface area contributed by atoms with Gasteiger partial charge in [-0.1, -0.05) is 0 Å². The monoisotopic (exact) mass is 197 g/mol. The standard InChI is InChI=1S/C9H8FNO3/c1-4(12)7-6(10)3-2-5(8(7)11)9(13)14/h2-3H,11H2,1H3,(H,13,14). The Balaban J connectivity index is 3.49. The van der Waals surface area contributed by atoms with Gasteiger partial charge in [0.15, 0.2) is 5.78 Å². The second-order valence-electron chi connectivity index (χ2n) is 2.74. The van der Waals surface area contributed by atoms with Crippen molar-refractivity contribution in [1.29, 1.82) is 0 Å². The van der Waals surface area contributed by atoms with Gasteiger partial charge in [0.25, 0.3) is 0 Å². The molecule has 0 bridgehead atoms. The zero-order chi connectivity index (χ0) is 10.9. The fourth-order valence-electron chi connectivity index (χ4n) is 1.14. The molecular weight excluding hydrogens is 189 g/mol. The van der Waals surface area contributed by atoms with E-state index in [-0.39, 0.29) is 16.8 Å². The highest BCUT2D eigenvalue weighted by atomic mass is 19.1. The summed E-state index contributed by atoms with van der Waals surface area (Å²) in [5.74, 6) is -2.69. The molecule has 0 amide bonds. The van der Waals surface area contributed by atoms with Gasteiger partial charge in [-0.2, -0.15) is 0 Å². The van der Waals surface area contributed by atoms with Crippen LogP contribution in [0.15, 0.2) is 12.1 Å². The lowest BCUT2D eigenvalue weighted by Crippen LogP contribution is -2.10. The van der Waals surface area contributed by atoms with E-state index in [1.165, 1.54) is 0 Å². The number of Topliss-reactive ketones (excluding diaryl/α,β-unsaturated/α-hetero) is 1. The third-order valence-corrected chi connectivity index (χ3v) is 1.78. The fourth-order valence-corrected chi connectivity index (χ4v) is 1.14. The topological polar surface area (TPSA) is 80.4 Å². The van der Waals surface area contributed by atoms with E-state index in [1.54, 1.807) is 0 Å². The highest BCUT2D eigenvalue weighted by molar-refractivity contribution is 6.05. The number of carboxylic acids is 1. The van der Waals surface area contributed by atoms with Crippen molar-refractivity contribution < 1.29 is 19.1 Å². The van der Waals surface area contributed by atoms with Gasteiger partial charge in [0.1, 0.15) is 5.82 Å². The lowest BCUT2D eigenvalue weighted by Gasteiger charge is -2.06. The SMILES string of the molecule is CC(=O)c1c(F)ccc(C(=O)O)c1N. The molecule has 0 aliphatic carbocycles. The number of rotatable bonds is 2. The zero-order valence-electron chi connectivity index (χ0n) is 7.37. The van der Waals surface area contributed by atoms with Crippen molar-refractivity contribution in [3.05, 3.63) is 29.1 Å². The highest BCUT2D eigenvalue weighted by Gasteiger charge is 2.17. The van der Waals surface area contributed by atoms with E-state index >= 15 is 0 Å². The highest BCUT2D eigenvalue weighted by Crippen LogP contribution is 2.21. The van der Waals surface area contributed by atoms with Crippen molar-refractivity contribution in [2.24, 2.45) is 0 Å². The second-order valence-corrected chi connectivity index (χ2v) is 2.74. The summed E-state index contributed by atoms with van der Waals surface area (Å²) in [5.41, 5.74) is 4.38. The van der Waals surface area contributed by atoms with E-state index in [0.717, 1.165) is 19.1 Å². The number of halogens is 1. The summed E-state index contributed by atoms with van der Waals surface area (Å²) in [6.07, 6.45) is 0. The van der Waals surface area contributed by atoms with Crippen molar-refractivity contribution >= 4 is 17.4 Å². The Morgan fingerprint density at radius 3 is 2.43 bits per heavy atom. The Hall–Kier alpha value is -1.91. The minimum atomic E-state index is -1.29. The first-order chi connectivity index (χ1) is 6.45. The first-order valence-electron chi connectivity index (χ1n) is 3.77. The van der Waals surface area contributed by atoms with Crippen molar-refractivity contribution in [3.63, 3.8) is 0 Å². The van der Waals surface area contributed by atoms with Gasteiger partial charge in [-0.3, -0.25) is 4.79 Å². The van der Waals surface area contributed by atoms with E-state index in [4.69, 9.17) is 10.8 Å². The summed E-state index contributed by atoms with van der Waals surface area (Å²) in [4.78, 5) is 21.5. The maximum atomic E-state index is 13.1. The van der Waals surface area contributed by atoms with Crippen LogP contribution in [0.1, 0.15) is 27.6 Å². The molecule has 74 valence electrons. The van der Waals surface area contributed by atoms with Crippen LogP contribution < -0.4 is 5.73 Å². The van der Waals surface area contributed by atoms with Crippen LogP contribution in [0.5, 0.6) is 0 Å². The molecule has 0 spiro atoms. The fraction of sp³-hybridized carbons (Fsp3) is 0.111. The van der Waals surface area contributed by atoms with Crippen LogP contribution in [0.3, 0.4) is 0 Å². The van der Waals surface area contributed by atoms with Crippen LogP contribution in [0.25, 0.3) is 0 Å². The largest absolute Gasteiger partial charge is 0.478 e. The van der Waals surface area contributed by atoms with E-state index in [2.05, 4.69) is 0 Å². The van der Waals surface area contributed by atoms with Gasteiger partial charge in [-0.15, -0.1) is 0 Å². The van der Waals surface area contributed by atoms with Crippen molar-refractivity contribution in [3.8, 4) is 0 Å². The summed E-state index contributed by atoms with van der Waals surface area (Å²) in [6.45, 7) is 1.13. The van der Waals surface area contributed by atoms with Gasteiger partial charge in [-0.05, 0) is 19.1 Å². The predicted octanol–water partition coefficient (Wildman–Crippen LogP) is 1.31. The van der Waals surface area contributed by atoms with Gasteiger partial charge in [0.2, 0.25) is 0 Å². The van der Waals surface area contributed by atoms with E-state index in [0.29, 0.717) is 0 Å². The predicted molar refractivity (Wildman–Crippen MR) is 47.8 cm³/mol. The first-order valence-corrected chi connectivity index (χ1v) is 3.77. The molecule has 0 saturated heterocycles. The summed E-state index contributed by atoms with van der Waals surface area (Å²) >= 11 is 0. The molecule has 0 aliphatic heterocycles. The molecule has 3 N–H and O–H groups in total. The average Bonchev–Trinajstić information content (AvgIpc) is 2.02. The molecule has 0 heterocycles. The Morgan fingerprint density at radius 1 is 1.43 bits per heavy atom. The van der Waals surface area contributed by atoms with Crippen LogP contribution in [0.4, 0.5) is 10.1 Å². The van der Waals surface area contributed by atoms with Crippen LogP contribution in [0, 0.1) is 5.82 Å². The molecule has 0 unspecified atom stereocenters. The Labute approximate surface area is 79.1 Å². The van der Waals surface area contributed by atoms with Crippen molar-refractivity contribution in [1.82, 2.24) is 0 Å². The summed E-state index contributed by atoms with van der Waals surface area (Å²) < 4.78 is 13.1. The Morgan fingerprint density at radius 2 is 2.00 bits per heavy atom. The van der Waals surface area contributed by atoms with Crippen LogP contribution in [0.2, 0.25) is 0 Å². The van der Waals surface area contributed by atoms with E-state index < -0.39 is 17.6 Å². The van der Waals surface area contributed by atoms with Crippen LogP contribution in [-0.2, 0) is 0 Å². The van der Waals surface area contributed by atoms with Gasteiger partial charge in [-0.25, -0.2) is 9.18 Å². The normalized spacial score (nSPS) is 9.86. The number of benzene rings is 1. The number of carbonyl (C=O) groups is 2. The Bertz CT molecular complexity index is 415. The lowest BCUT2D eigenvalue weighted by molar-refractivity contribution is 0.0698. The molecule has 0 aromatic heterocycles. The average molecular weight is 197 g/mol. The molecule has 0 atom stereocenters. The molecule has 0 aliphatic rings. The van der Waals surface area contributed by atoms with E-state index in [1.807, 2.05) is 0 Å². The second kappa shape index (κ2) is 3.45. The number of hydrogen-bond donors (Lipinski definition) is 2. The van der Waals surface area contributed by atoms with Crippen LogP contribution >= 0.6 is 0 Å². The number of nitrogen functional groups attached to an aromatic ring is 1. The van der Waals surface area contributed by atoms with Crippen molar-refractivity contribution in [2.45, 2.75) is 6.92 Å². The molecule has 1 aromatic rings. The molecule has 5 heteroatoms. The molecule has 1 aromatic carbocycles. The smallest absolute Gasteiger partial charge is 0.337 e. The van der Waals surface area contributed by atoms with Crippen molar-refractivity contribution in [2.75, 3.05) is 5.73 Å². The summed E-state index contributed by atoms with van der Waals surface area (Å²) in [7, 11) is 0. The molecule has 0 saturated carbocycles. The summed E-state index contributed by atoms with van der Waals surface area (Å²) in [6, 6.07) is 1.94. The van der Waals surface area contributed by atoms with Gasteiger partial charge < -0.3 is 10.8 Å². The number of ketones is 1. The number of aromatic carboxylic acids is 1. The molecule has 0 fully saturated rings. The van der Waals surface area contributed by atoms with E-state index in [9.17, 15) is 14.0 Å². The number of carboxylic acid groups (broad SMARTS) is 1. The minimum absolute atomic E-state index is 0.267. The number of hydrogen-bond acceptors (Lipinski definition) is 3. The number of nitrogens with two attached hydrogens (primary N) is 1. The maximum absolute atomic E-state index is 13.1. The third kappa shape index (κ3) is 1.56. The Kier molecular flexibility index (Phi) is 2.51. The number of carbonyl (C=O) groups excluding carboxylic acids is 1. The quantitative estimate of drug-likeness (QED) is 0.553. The lowest BCUT2D eigenvalue weighted by atomic mass is 10.0. The molecule has 1 rings (SSSR count). The maximum Gasteiger partial charge on any atom is 0.337 e. The minimum Gasteiger partial charge on any atom is -0.478 e. The van der Waals surface area contributed by atoms with Gasteiger partial charge in [0.05, 0.1) is 16.8 Å².